The predicted molar refractivity (Wildman–Crippen MR) is 76.0 cm³/mol. The first-order valence-corrected chi connectivity index (χ1v) is 6.85. The molecule has 0 bridgehead atoms. The van der Waals surface area contributed by atoms with Gasteiger partial charge in [0.15, 0.2) is 0 Å². The summed E-state index contributed by atoms with van der Waals surface area (Å²) in [7, 11) is 1.20. The molecule has 1 N–H and O–H groups in total. The number of nitrogens with one attached hydrogen (secondary N) is 1. The highest BCUT2D eigenvalue weighted by molar-refractivity contribution is 7.13. The Bertz CT molecular complexity index is 697. The minimum absolute atomic E-state index is 0.130. The number of aryl methyl sites for hydroxylation is 1. The Labute approximate surface area is 127 Å². The quantitative estimate of drug-likeness (QED) is 0.521. The lowest BCUT2D eigenvalue weighted by Gasteiger charge is -2.14. The zero-order valence-corrected chi connectivity index (χ0v) is 12.3. The molecule has 0 radical (unpaired) electrons. The number of aromatic nitrogens is 1. The van der Waals surface area contributed by atoms with E-state index in [-0.39, 0.29) is 5.75 Å². The number of hydrogen-bond donors (Lipinski definition) is 1. The van der Waals surface area contributed by atoms with E-state index < -0.39 is 23.1 Å². The van der Waals surface area contributed by atoms with Gasteiger partial charge in [-0.1, -0.05) is 0 Å². The standard InChI is InChI=1S/C13H11F4N3OS/c1-7-6-22-12(19-7)20-18-5-8-10(21-2)4-3-9(14)11(8)13(15,16)17/h3-6H,1-2H3,(H,19,20). The second-order valence-corrected chi connectivity index (χ2v) is 5.06. The molecule has 4 nitrogen and oxygen atoms in total. The first kappa shape index (κ1) is 16.2. The summed E-state index contributed by atoms with van der Waals surface area (Å²) in [6.45, 7) is 1.77. The first-order chi connectivity index (χ1) is 10.3. The van der Waals surface area contributed by atoms with E-state index in [1.165, 1.54) is 18.4 Å². The second kappa shape index (κ2) is 6.30. The number of methoxy groups -OCH3 is 1. The van der Waals surface area contributed by atoms with Gasteiger partial charge < -0.3 is 4.74 Å². The van der Waals surface area contributed by atoms with Crippen molar-refractivity contribution in [2.24, 2.45) is 5.10 Å². The third-order valence-electron chi connectivity index (χ3n) is 2.63. The maximum Gasteiger partial charge on any atom is 0.419 e. The number of benzene rings is 1. The van der Waals surface area contributed by atoms with E-state index in [9.17, 15) is 17.6 Å². The average molecular weight is 333 g/mol. The van der Waals surface area contributed by atoms with Crippen molar-refractivity contribution in [2.45, 2.75) is 13.1 Å². The van der Waals surface area contributed by atoms with Crippen molar-refractivity contribution < 1.29 is 22.3 Å². The van der Waals surface area contributed by atoms with Crippen molar-refractivity contribution in [3.63, 3.8) is 0 Å². The SMILES string of the molecule is COc1ccc(F)c(C(F)(F)F)c1C=NNc1nc(C)cs1. The van der Waals surface area contributed by atoms with Gasteiger partial charge in [-0.25, -0.2) is 9.37 Å². The number of nitrogens with zero attached hydrogens (tertiary/aromatic N) is 2. The second-order valence-electron chi connectivity index (χ2n) is 4.20. The minimum Gasteiger partial charge on any atom is -0.496 e. The molecule has 0 fully saturated rings. The van der Waals surface area contributed by atoms with Crippen molar-refractivity contribution in [3.05, 3.63) is 40.2 Å². The summed E-state index contributed by atoms with van der Waals surface area (Å²) in [5, 5.41) is 5.84. The normalized spacial score (nSPS) is 11.9. The summed E-state index contributed by atoms with van der Waals surface area (Å²) < 4.78 is 57.4. The van der Waals surface area contributed by atoms with Crippen LogP contribution in [-0.2, 0) is 6.18 Å². The zero-order valence-electron chi connectivity index (χ0n) is 11.5. The number of anilines is 1. The van der Waals surface area contributed by atoms with Gasteiger partial charge in [-0.05, 0) is 19.1 Å². The molecule has 0 atom stereocenters. The number of hydrogen-bond acceptors (Lipinski definition) is 5. The lowest BCUT2D eigenvalue weighted by atomic mass is 10.1. The van der Waals surface area contributed by atoms with Crippen molar-refractivity contribution in [2.75, 3.05) is 12.5 Å². The number of thiazole rings is 1. The molecule has 0 amide bonds. The van der Waals surface area contributed by atoms with E-state index in [4.69, 9.17) is 4.74 Å². The van der Waals surface area contributed by atoms with Crippen molar-refractivity contribution in [3.8, 4) is 5.75 Å². The topological polar surface area (TPSA) is 46.5 Å². The van der Waals surface area contributed by atoms with Crippen LogP contribution in [0.15, 0.2) is 22.6 Å². The van der Waals surface area contributed by atoms with Gasteiger partial charge in [-0.3, -0.25) is 5.43 Å². The minimum atomic E-state index is -4.86. The molecule has 118 valence electrons. The summed E-state index contributed by atoms with van der Waals surface area (Å²) >= 11 is 1.24. The Morgan fingerprint density at radius 1 is 1.36 bits per heavy atom. The van der Waals surface area contributed by atoms with E-state index in [0.29, 0.717) is 11.2 Å². The van der Waals surface area contributed by atoms with Crippen molar-refractivity contribution >= 4 is 22.7 Å². The Kier molecular flexibility index (Phi) is 4.65. The van der Waals surface area contributed by atoms with E-state index in [1.54, 1.807) is 12.3 Å². The molecular weight excluding hydrogens is 322 g/mol. The smallest absolute Gasteiger partial charge is 0.419 e. The molecule has 0 unspecified atom stereocenters. The van der Waals surface area contributed by atoms with E-state index in [2.05, 4.69) is 15.5 Å². The summed E-state index contributed by atoms with van der Waals surface area (Å²) in [5.41, 5.74) is 1.33. The van der Waals surface area contributed by atoms with Crippen LogP contribution in [0.3, 0.4) is 0 Å². The van der Waals surface area contributed by atoms with Crippen LogP contribution in [0.4, 0.5) is 22.7 Å². The molecule has 22 heavy (non-hydrogen) atoms. The van der Waals surface area contributed by atoms with Crippen molar-refractivity contribution in [1.29, 1.82) is 0 Å². The van der Waals surface area contributed by atoms with Gasteiger partial charge in [0.1, 0.15) is 17.1 Å². The Balaban J connectivity index is 2.37. The fraction of sp³-hybridized carbons (Fsp3) is 0.231. The highest BCUT2D eigenvalue weighted by atomic mass is 32.1. The monoisotopic (exact) mass is 333 g/mol. The molecule has 0 saturated heterocycles. The van der Waals surface area contributed by atoms with Gasteiger partial charge in [0.25, 0.3) is 0 Å². The largest absolute Gasteiger partial charge is 0.496 e. The van der Waals surface area contributed by atoms with Crippen LogP contribution in [0.25, 0.3) is 0 Å². The van der Waals surface area contributed by atoms with Crippen LogP contribution in [0.5, 0.6) is 5.75 Å². The number of ether oxygens (including phenoxy) is 1. The number of halogens is 4. The molecular formula is C13H11F4N3OS. The van der Waals surface area contributed by atoms with Gasteiger partial charge in [0.2, 0.25) is 5.13 Å². The average Bonchev–Trinajstić information content (AvgIpc) is 2.83. The van der Waals surface area contributed by atoms with Gasteiger partial charge in [-0.15, -0.1) is 11.3 Å². The molecule has 1 heterocycles. The molecule has 1 aromatic heterocycles. The van der Waals surface area contributed by atoms with Crippen LogP contribution in [0.1, 0.15) is 16.8 Å². The molecule has 9 heteroatoms. The van der Waals surface area contributed by atoms with Crippen LogP contribution in [-0.4, -0.2) is 18.3 Å². The summed E-state index contributed by atoms with van der Waals surface area (Å²) in [5.74, 6) is -1.52. The molecule has 0 aliphatic heterocycles. The Hall–Kier alpha value is -2.16. The lowest BCUT2D eigenvalue weighted by Crippen LogP contribution is -2.13. The first-order valence-electron chi connectivity index (χ1n) is 5.98. The molecule has 2 aromatic rings. The van der Waals surface area contributed by atoms with Gasteiger partial charge >= 0.3 is 6.18 Å². The molecule has 0 spiro atoms. The molecule has 0 saturated carbocycles. The number of alkyl halides is 3. The fourth-order valence-corrected chi connectivity index (χ4v) is 2.36. The maximum absolute atomic E-state index is 13.5. The van der Waals surface area contributed by atoms with Crippen LogP contribution < -0.4 is 10.2 Å². The van der Waals surface area contributed by atoms with Crippen LogP contribution in [0.2, 0.25) is 0 Å². The summed E-state index contributed by atoms with van der Waals surface area (Å²) in [6.07, 6.45) is -4.00. The molecule has 0 aliphatic rings. The third-order valence-corrected chi connectivity index (χ3v) is 3.50. The van der Waals surface area contributed by atoms with E-state index in [0.717, 1.165) is 18.0 Å². The van der Waals surface area contributed by atoms with Crippen LogP contribution >= 0.6 is 11.3 Å². The zero-order chi connectivity index (χ0) is 16.3. The van der Waals surface area contributed by atoms with Gasteiger partial charge in [0, 0.05) is 5.38 Å². The molecule has 2 rings (SSSR count). The molecule has 0 aliphatic carbocycles. The Morgan fingerprint density at radius 2 is 2.09 bits per heavy atom. The highest BCUT2D eigenvalue weighted by Crippen LogP contribution is 2.37. The highest BCUT2D eigenvalue weighted by Gasteiger charge is 2.38. The summed E-state index contributed by atoms with van der Waals surface area (Å²) in [6, 6.07) is 1.82. The summed E-state index contributed by atoms with van der Waals surface area (Å²) in [4.78, 5) is 4.04. The maximum atomic E-state index is 13.5. The fourth-order valence-electron chi connectivity index (χ4n) is 1.73. The van der Waals surface area contributed by atoms with E-state index >= 15 is 0 Å². The number of rotatable bonds is 4. The number of hydrazone groups is 1. The predicted octanol–water partition coefficient (Wildman–Crippen LogP) is 4.06. The van der Waals surface area contributed by atoms with Gasteiger partial charge in [0.05, 0.1) is 24.6 Å². The van der Waals surface area contributed by atoms with Crippen LogP contribution in [0, 0.1) is 12.7 Å². The Morgan fingerprint density at radius 3 is 2.64 bits per heavy atom. The van der Waals surface area contributed by atoms with E-state index in [1.807, 2.05) is 0 Å². The van der Waals surface area contributed by atoms with Crippen molar-refractivity contribution in [1.82, 2.24) is 4.98 Å². The third kappa shape index (κ3) is 3.53. The molecule has 1 aromatic carbocycles. The van der Waals surface area contributed by atoms with Gasteiger partial charge in [-0.2, -0.15) is 18.3 Å². The lowest BCUT2D eigenvalue weighted by molar-refractivity contribution is -0.140.